The zero-order valence-electron chi connectivity index (χ0n) is 25.8. The third-order valence-electron chi connectivity index (χ3n) is 7.81. The van der Waals surface area contributed by atoms with Crippen molar-refractivity contribution in [2.75, 3.05) is 6.61 Å². The number of aromatic nitrogens is 1. The highest BCUT2D eigenvalue weighted by Gasteiger charge is 2.35. The summed E-state index contributed by atoms with van der Waals surface area (Å²) >= 11 is 4.77. The maximum Gasteiger partial charge on any atom is 0.338 e. The highest BCUT2D eigenvalue weighted by Crippen LogP contribution is 2.35. The Hall–Kier alpha value is -4.53. The van der Waals surface area contributed by atoms with Crippen LogP contribution in [0.4, 0.5) is 0 Å². The van der Waals surface area contributed by atoms with Crippen molar-refractivity contribution in [2.24, 2.45) is 4.99 Å². The van der Waals surface area contributed by atoms with Crippen molar-refractivity contribution in [1.29, 1.82) is 0 Å². The molecule has 0 bridgehead atoms. The number of carbonyl (C=O) groups is 1. The standard InChI is InChI=1S/C38H33BrN2O4S/c1-4-44-37(43)33-34(27-10-6-5-7-11-27)40-38-41(35(33)28-18-16-26(17-19-28)24(2)3)36(42)32(46-38)22-29-12-8-9-13-31(29)45-23-25-14-20-30(39)21-15-25/h5-22,24,35H,4,23H2,1-3H3/b32-22-/t35-/m0/s1. The first-order chi connectivity index (χ1) is 22.3. The summed E-state index contributed by atoms with van der Waals surface area (Å²) in [5, 5.41) is 0. The molecule has 5 aromatic rings. The quantitative estimate of drug-likeness (QED) is 0.151. The van der Waals surface area contributed by atoms with Gasteiger partial charge in [0.05, 0.1) is 28.5 Å². The zero-order chi connectivity index (χ0) is 32.2. The monoisotopic (exact) mass is 692 g/mol. The van der Waals surface area contributed by atoms with Crippen LogP contribution in [0.5, 0.6) is 5.75 Å². The van der Waals surface area contributed by atoms with E-state index < -0.39 is 12.0 Å². The molecule has 4 aromatic carbocycles. The Balaban J connectivity index is 1.52. The molecule has 1 atom stereocenters. The van der Waals surface area contributed by atoms with Gasteiger partial charge in [0.2, 0.25) is 0 Å². The number of hydrogen-bond acceptors (Lipinski definition) is 6. The lowest BCUT2D eigenvalue weighted by Crippen LogP contribution is -2.40. The summed E-state index contributed by atoms with van der Waals surface area (Å²) in [6, 6.07) is 32.6. The number of thiazole rings is 1. The van der Waals surface area contributed by atoms with Crippen molar-refractivity contribution in [2.45, 2.75) is 39.3 Å². The van der Waals surface area contributed by atoms with Gasteiger partial charge in [0.25, 0.3) is 5.56 Å². The van der Waals surface area contributed by atoms with Gasteiger partial charge in [0.1, 0.15) is 12.4 Å². The van der Waals surface area contributed by atoms with Gasteiger partial charge in [-0.25, -0.2) is 9.79 Å². The van der Waals surface area contributed by atoms with Crippen LogP contribution in [0.3, 0.4) is 0 Å². The first kappa shape index (κ1) is 31.5. The Labute approximate surface area is 280 Å². The molecule has 0 amide bonds. The average molecular weight is 694 g/mol. The number of ether oxygens (including phenoxy) is 2. The fourth-order valence-corrected chi connectivity index (χ4v) is 6.69. The van der Waals surface area contributed by atoms with E-state index >= 15 is 0 Å². The second-order valence-electron chi connectivity index (χ2n) is 11.2. The number of hydrogen-bond donors (Lipinski definition) is 0. The fourth-order valence-electron chi connectivity index (χ4n) is 5.43. The van der Waals surface area contributed by atoms with E-state index in [1.165, 1.54) is 16.9 Å². The summed E-state index contributed by atoms with van der Waals surface area (Å²) in [7, 11) is 0. The van der Waals surface area contributed by atoms with Gasteiger partial charge < -0.3 is 9.47 Å². The lowest BCUT2D eigenvalue weighted by Gasteiger charge is -2.26. The third kappa shape index (κ3) is 6.55. The maximum absolute atomic E-state index is 14.3. The first-order valence-electron chi connectivity index (χ1n) is 15.2. The Morgan fingerprint density at radius 2 is 1.65 bits per heavy atom. The van der Waals surface area contributed by atoms with Crippen LogP contribution < -0.4 is 19.6 Å². The lowest BCUT2D eigenvalue weighted by molar-refractivity contribution is -0.138. The molecule has 1 aliphatic rings. The van der Waals surface area contributed by atoms with Crippen LogP contribution in [-0.2, 0) is 16.1 Å². The van der Waals surface area contributed by atoms with Gasteiger partial charge in [0.15, 0.2) is 4.80 Å². The van der Waals surface area contributed by atoms with E-state index in [-0.39, 0.29) is 12.2 Å². The molecule has 8 heteroatoms. The summed E-state index contributed by atoms with van der Waals surface area (Å²) in [5.74, 6) is 0.500. The Kier molecular flexibility index (Phi) is 9.47. The molecule has 0 unspecified atom stereocenters. The largest absolute Gasteiger partial charge is 0.488 e. The third-order valence-corrected chi connectivity index (χ3v) is 9.32. The maximum atomic E-state index is 14.3. The summed E-state index contributed by atoms with van der Waals surface area (Å²) in [4.78, 5) is 33.5. The predicted molar refractivity (Wildman–Crippen MR) is 187 cm³/mol. The van der Waals surface area contributed by atoms with E-state index in [0.29, 0.717) is 38.9 Å². The van der Waals surface area contributed by atoms with Gasteiger partial charge in [-0.2, -0.15) is 0 Å². The van der Waals surface area contributed by atoms with Crippen molar-refractivity contribution in [3.8, 4) is 5.75 Å². The van der Waals surface area contributed by atoms with Crippen molar-refractivity contribution < 1.29 is 14.3 Å². The molecule has 6 rings (SSSR count). The topological polar surface area (TPSA) is 69.9 Å². The van der Waals surface area contributed by atoms with Crippen LogP contribution in [0.25, 0.3) is 11.8 Å². The number of esters is 1. The second-order valence-corrected chi connectivity index (χ2v) is 13.1. The zero-order valence-corrected chi connectivity index (χ0v) is 28.2. The van der Waals surface area contributed by atoms with E-state index in [9.17, 15) is 9.59 Å². The van der Waals surface area contributed by atoms with Crippen molar-refractivity contribution in [3.63, 3.8) is 0 Å². The highest BCUT2D eigenvalue weighted by molar-refractivity contribution is 9.10. The van der Waals surface area contributed by atoms with E-state index in [0.717, 1.165) is 26.7 Å². The molecule has 46 heavy (non-hydrogen) atoms. The normalized spacial score (nSPS) is 14.6. The molecular weight excluding hydrogens is 660 g/mol. The minimum Gasteiger partial charge on any atom is -0.488 e. The van der Waals surface area contributed by atoms with Crippen molar-refractivity contribution in [3.05, 3.63) is 161 Å². The number of carbonyl (C=O) groups excluding carboxylic acids is 1. The number of fused-ring (bicyclic) bond motifs is 1. The summed E-state index contributed by atoms with van der Waals surface area (Å²) < 4.78 is 14.9. The molecule has 6 nitrogen and oxygen atoms in total. The van der Waals surface area contributed by atoms with Crippen molar-refractivity contribution in [1.82, 2.24) is 4.57 Å². The molecule has 1 aliphatic heterocycles. The second kappa shape index (κ2) is 13.8. The number of nitrogens with zero attached hydrogens (tertiary/aromatic N) is 2. The summed E-state index contributed by atoms with van der Waals surface area (Å²) in [5.41, 5.74) is 5.15. The minimum absolute atomic E-state index is 0.199. The average Bonchev–Trinajstić information content (AvgIpc) is 3.38. The molecule has 0 saturated carbocycles. The first-order valence-corrected chi connectivity index (χ1v) is 16.8. The van der Waals surface area contributed by atoms with Gasteiger partial charge in [-0.15, -0.1) is 0 Å². The molecule has 0 saturated heterocycles. The van der Waals surface area contributed by atoms with E-state index in [4.69, 9.17) is 14.5 Å². The van der Waals surface area contributed by atoms with E-state index in [1.807, 2.05) is 97.1 Å². The molecule has 0 N–H and O–H groups in total. The predicted octanol–water partition coefficient (Wildman–Crippen LogP) is 7.40. The smallest absolute Gasteiger partial charge is 0.338 e. The van der Waals surface area contributed by atoms with Crippen LogP contribution in [-0.4, -0.2) is 17.1 Å². The SMILES string of the molecule is CCOC(=O)C1=C(c2ccccc2)N=c2s/c(=C\c3ccccc3OCc3ccc(Br)cc3)c(=O)n2[C@H]1c1ccc(C(C)C)cc1. The van der Waals surface area contributed by atoms with Crippen LogP contribution in [0.1, 0.15) is 60.5 Å². The molecule has 0 aliphatic carbocycles. The van der Waals surface area contributed by atoms with E-state index in [1.54, 1.807) is 11.5 Å². The number of para-hydroxylation sites is 1. The summed E-state index contributed by atoms with van der Waals surface area (Å²) in [6.45, 7) is 6.63. The molecule has 0 spiro atoms. The lowest BCUT2D eigenvalue weighted by atomic mass is 9.91. The molecule has 232 valence electrons. The summed E-state index contributed by atoms with van der Waals surface area (Å²) in [6.07, 6.45) is 1.84. The number of benzene rings is 4. The highest BCUT2D eigenvalue weighted by atomic mass is 79.9. The molecule has 2 heterocycles. The Morgan fingerprint density at radius 1 is 0.957 bits per heavy atom. The van der Waals surface area contributed by atoms with Crippen LogP contribution in [0.15, 0.2) is 123 Å². The van der Waals surface area contributed by atoms with Gasteiger partial charge in [-0.3, -0.25) is 9.36 Å². The van der Waals surface area contributed by atoms with Gasteiger partial charge >= 0.3 is 5.97 Å². The molecular formula is C38H33BrN2O4S. The van der Waals surface area contributed by atoms with Gasteiger partial charge in [0, 0.05) is 15.6 Å². The fraction of sp³-hybridized carbons (Fsp3) is 0.184. The number of halogens is 1. The molecule has 0 fully saturated rings. The van der Waals surface area contributed by atoms with Crippen molar-refractivity contribution >= 4 is 45.0 Å². The minimum atomic E-state index is -0.724. The van der Waals surface area contributed by atoms with Gasteiger partial charge in [-0.05, 0) is 53.8 Å². The van der Waals surface area contributed by atoms with Crippen LogP contribution >= 0.6 is 27.3 Å². The van der Waals surface area contributed by atoms with Crippen LogP contribution in [0.2, 0.25) is 0 Å². The van der Waals surface area contributed by atoms with E-state index in [2.05, 4.69) is 41.9 Å². The Bertz CT molecular complexity index is 2080. The Morgan fingerprint density at radius 3 is 2.35 bits per heavy atom. The number of rotatable bonds is 9. The molecule has 1 aromatic heterocycles. The van der Waals surface area contributed by atoms with Gasteiger partial charge in [-0.1, -0.05) is 126 Å². The molecule has 0 radical (unpaired) electrons. The van der Waals surface area contributed by atoms with Crippen LogP contribution in [0, 0.1) is 0 Å².